The smallest absolute Gasteiger partial charge is 0.330 e. The number of rotatable bonds is 12. The maximum absolute atomic E-state index is 13.7. The SMILES string of the molecule is COC(=O)/C=C/c1cn(-c2ccc(CC(C)(C)C)cc2CNCC(O)C(Cc2cc(F)cc(F)c2)NC(C)=O)cn1. The molecule has 3 N–H and O–H groups in total. The molecule has 0 aliphatic rings. The molecule has 0 spiro atoms. The van der Waals surface area contributed by atoms with Gasteiger partial charge in [-0.15, -0.1) is 0 Å². The van der Waals surface area contributed by atoms with E-state index >= 15 is 0 Å². The molecule has 3 rings (SSSR count). The summed E-state index contributed by atoms with van der Waals surface area (Å²) in [5.74, 6) is -2.28. The molecule has 8 nitrogen and oxygen atoms in total. The van der Waals surface area contributed by atoms with Crippen LogP contribution in [0, 0.1) is 17.0 Å². The molecule has 2 aromatic carbocycles. The summed E-state index contributed by atoms with van der Waals surface area (Å²) < 4.78 is 33.9. The first kappa shape index (κ1) is 31.6. The third-order valence-electron chi connectivity index (χ3n) is 6.25. The molecule has 0 saturated carbocycles. The van der Waals surface area contributed by atoms with Gasteiger partial charge in [-0.1, -0.05) is 32.9 Å². The van der Waals surface area contributed by atoms with Gasteiger partial charge < -0.3 is 25.0 Å². The van der Waals surface area contributed by atoms with E-state index in [4.69, 9.17) is 0 Å². The molecule has 0 saturated heterocycles. The highest BCUT2D eigenvalue weighted by atomic mass is 19.1. The van der Waals surface area contributed by atoms with Crippen LogP contribution in [0.3, 0.4) is 0 Å². The van der Waals surface area contributed by atoms with Crippen molar-refractivity contribution in [2.24, 2.45) is 5.41 Å². The fourth-order valence-electron chi connectivity index (χ4n) is 4.56. The summed E-state index contributed by atoms with van der Waals surface area (Å²) in [6.07, 6.45) is 6.19. The molecule has 0 bridgehead atoms. The minimum absolute atomic E-state index is 0.0559. The average molecular weight is 569 g/mol. The van der Waals surface area contributed by atoms with Crippen molar-refractivity contribution in [2.45, 2.75) is 59.2 Å². The van der Waals surface area contributed by atoms with E-state index in [0.29, 0.717) is 17.8 Å². The van der Waals surface area contributed by atoms with Crippen molar-refractivity contribution >= 4 is 18.0 Å². The van der Waals surface area contributed by atoms with E-state index < -0.39 is 29.7 Å². The van der Waals surface area contributed by atoms with Crippen molar-refractivity contribution in [1.29, 1.82) is 0 Å². The summed E-state index contributed by atoms with van der Waals surface area (Å²) in [7, 11) is 1.31. The van der Waals surface area contributed by atoms with E-state index in [1.54, 1.807) is 18.6 Å². The first-order chi connectivity index (χ1) is 19.3. The predicted octanol–water partition coefficient (Wildman–Crippen LogP) is 4.12. The number of aliphatic hydroxyl groups is 1. The molecular weight excluding hydrogens is 530 g/mol. The Morgan fingerprint density at radius 3 is 2.46 bits per heavy atom. The third-order valence-corrected chi connectivity index (χ3v) is 6.25. The Morgan fingerprint density at radius 2 is 1.83 bits per heavy atom. The van der Waals surface area contributed by atoms with Crippen LogP contribution in [0.15, 0.2) is 55.0 Å². The molecule has 1 aromatic heterocycles. The number of hydrogen-bond acceptors (Lipinski definition) is 6. The number of hydrogen-bond donors (Lipinski definition) is 3. The largest absolute Gasteiger partial charge is 0.466 e. The van der Waals surface area contributed by atoms with Crippen molar-refractivity contribution < 1.29 is 28.2 Å². The van der Waals surface area contributed by atoms with Gasteiger partial charge in [0, 0.05) is 38.4 Å². The summed E-state index contributed by atoms with van der Waals surface area (Å²) in [5.41, 5.74) is 3.94. The number of carbonyl (C=O) groups is 2. The molecule has 0 aliphatic heterocycles. The van der Waals surface area contributed by atoms with E-state index in [2.05, 4.69) is 53.3 Å². The van der Waals surface area contributed by atoms with Crippen LogP contribution < -0.4 is 10.6 Å². The van der Waals surface area contributed by atoms with E-state index in [-0.39, 0.29) is 24.3 Å². The lowest BCUT2D eigenvalue weighted by atomic mass is 9.87. The van der Waals surface area contributed by atoms with Crippen LogP contribution in [0.4, 0.5) is 8.78 Å². The Balaban J connectivity index is 1.79. The first-order valence-corrected chi connectivity index (χ1v) is 13.4. The molecule has 1 amide bonds. The van der Waals surface area contributed by atoms with Crippen LogP contribution in [0.5, 0.6) is 0 Å². The summed E-state index contributed by atoms with van der Waals surface area (Å²) >= 11 is 0. The van der Waals surface area contributed by atoms with Gasteiger partial charge >= 0.3 is 5.97 Å². The van der Waals surface area contributed by atoms with Crippen LogP contribution in [-0.2, 0) is 33.7 Å². The number of nitrogens with one attached hydrogen (secondary N) is 2. The molecule has 0 aliphatic carbocycles. The first-order valence-electron chi connectivity index (χ1n) is 13.4. The lowest BCUT2D eigenvalue weighted by Gasteiger charge is -2.25. The predicted molar refractivity (Wildman–Crippen MR) is 153 cm³/mol. The van der Waals surface area contributed by atoms with Gasteiger partial charge in [0.1, 0.15) is 11.6 Å². The van der Waals surface area contributed by atoms with E-state index in [9.17, 15) is 23.5 Å². The Labute approximate surface area is 239 Å². The highest BCUT2D eigenvalue weighted by Crippen LogP contribution is 2.24. The van der Waals surface area contributed by atoms with Crippen LogP contribution in [0.2, 0.25) is 0 Å². The van der Waals surface area contributed by atoms with Crippen molar-refractivity contribution in [3.8, 4) is 5.69 Å². The maximum atomic E-state index is 13.7. The van der Waals surface area contributed by atoms with Gasteiger partial charge in [-0.2, -0.15) is 0 Å². The monoisotopic (exact) mass is 568 g/mol. The van der Waals surface area contributed by atoms with Crippen LogP contribution in [-0.4, -0.2) is 52.3 Å². The lowest BCUT2D eigenvalue weighted by molar-refractivity contribution is -0.134. The summed E-state index contributed by atoms with van der Waals surface area (Å²) in [6.45, 7) is 8.32. The van der Waals surface area contributed by atoms with Gasteiger partial charge in [-0.05, 0) is 59.2 Å². The number of methoxy groups -OCH3 is 1. The zero-order valence-corrected chi connectivity index (χ0v) is 24.1. The number of halogens is 2. The number of aliphatic hydroxyl groups excluding tert-OH is 1. The Bertz CT molecular complexity index is 1360. The fraction of sp³-hybridized carbons (Fsp3) is 0.387. The highest BCUT2D eigenvalue weighted by molar-refractivity contribution is 5.86. The number of nitrogens with zero attached hydrogens (tertiary/aromatic N) is 2. The molecule has 2 unspecified atom stereocenters. The quantitative estimate of drug-likeness (QED) is 0.224. The normalized spacial score (nSPS) is 13.3. The molecule has 10 heteroatoms. The number of benzene rings is 2. The Hall–Kier alpha value is -3.89. The van der Waals surface area contributed by atoms with Crippen molar-refractivity contribution in [1.82, 2.24) is 20.2 Å². The number of carbonyl (C=O) groups excluding carboxylic acids is 2. The third kappa shape index (κ3) is 10.2. The molecular formula is C31H38F2N4O4. The molecule has 41 heavy (non-hydrogen) atoms. The second-order valence-electron chi connectivity index (χ2n) is 11.2. The zero-order chi connectivity index (χ0) is 30.2. The topological polar surface area (TPSA) is 105 Å². The Kier molecular flexibility index (Phi) is 10.9. The van der Waals surface area contributed by atoms with Gasteiger partial charge in [0.2, 0.25) is 5.91 Å². The molecule has 0 fully saturated rings. The number of ether oxygens (including phenoxy) is 1. The Morgan fingerprint density at radius 1 is 1.12 bits per heavy atom. The van der Waals surface area contributed by atoms with Crippen molar-refractivity contribution in [3.63, 3.8) is 0 Å². The van der Waals surface area contributed by atoms with Crippen molar-refractivity contribution in [3.05, 3.63) is 89.0 Å². The summed E-state index contributed by atoms with van der Waals surface area (Å²) in [6, 6.07) is 8.56. The standard InChI is InChI=1S/C31H38F2N4O4/c1-20(38)36-27(13-22-11-24(32)14-25(33)12-22)29(39)17-34-16-23-10-21(15-31(2,3)4)6-8-28(23)37-18-26(35-19-37)7-9-30(40)41-5/h6-12,14,18-19,27,29,34,39H,13,15-17H2,1-5H3,(H,36,38)/b9-7+. The van der Waals surface area contributed by atoms with Crippen LogP contribution >= 0.6 is 0 Å². The van der Waals surface area contributed by atoms with Gasteiger partial charge in [0.05, 0.1) is 37.0 Å². The molecule has 2 atom stereocenters. The minimum Gasteiger partial charge on any atom is -0.466 e. The zero-order valence-electron chi connectivity index (χ0n) is 24.1. The molecule has 3 aromatic rings. The van der Waals surface area contributed by atoms with Gasteiger partial charge in [0.25, 0.3) is 0 Å². The number of aromatic nitrogens is 2. The average Bonchev–Trinajstić information content (AvgIpc) is 3.34. The van der Waals surface area contributed by atoms with E-state index in [1.807, 2.05) is 10.6 Å². The van der Waals surface area contributed by atoms with Crippen molar-refractivity contribution in [2.75, 3.05) is 13.7 Å². The van der Waals surface area contributed by atoms with E-state index in [1.165, 1.54) is 32.2 Å². The summed E-state index contributed by atoms with van der Waals surface area (Å²) in [5, 5.41) is 16.9. The van der Waals surface area contributed by atoms with Gasteiger partial charge in [-0.3, -0.25) is 4.79 Å². The lowest BCUT2D eigenvalue weighted by Crippen LogP contribution is -2.48. The van der Waals surface area contributed by atoms with Crippen LogP contribution in [0.25, 0.3) is 11.8 Å². The van der Waals surface area contributed by atoms with Gasteiger partial charge in [0.15, 0.2) is 0 Å². The number of imidazole rings is 1. The maximum Gasteiger partial charge on any atom is 0.330 e. The fourth-order valence-corrected chi connectivity index (χ4v) is 4.56. The van der Waals surface area contributed by atoms with Crippen LogP contribution in [0.1, 0.15) is 50.1 Å². The molecule has 0 radical (unpaired) electrons. The molecule has 1 heterocycles. The minimum atomic E-state index is -1.03. The molecule has 220 valence electrons. The van der Waals surface area contributed by atoms with E-state index in [0.717, 1.165) is 29.3 Å². The number of esters is 1. The second kappa shape index (κ2) is 14.1. The highest BCUT2D eigenvalue weighted by Gasteiger charge is 2.22. The summed E-state index contributed by atoms with van der Waals surface area (Å²) in [4.78, 5) is 27.6. The number of amides is 1. The van der Waals surface area contributed by atoms with Gasteiger partial charge in [-0.25, -0.2) is 18.6 Å². The second-order valence-corrected chi connectivity index (χ2v) is 11.2.